The van der Waals surface area contributed by atoms with Crippen LogP contribution in [0.2, 0.25) is 0 Å². The van der Waals surface area contributed by atoms with Gasteiger partial charge in [0, 0.05) is 45.2 Å². The maximum absolute atomic E-state index is 12.9. The number of rotatable bonds is 13. The average molecular weight is 1650 g/mol. The number of carbonyl (C=O) groups is 2. The summed E-state index contributed by atoms with van der Waals surface area (Å²) in [7, 11) is 1.00. The molecule has 10 rings (SSSR count). The summed E-state index contributed by atoms with van der Waals surface area (Å²) < 4.78 is 202. The molecule has 4 aliphatic heterocycles. The molecule has 0 spiro atoms. The first-order valence-corrected chi connectivity index (χ1v) is 36.3. The smallest absolute Gasteiger partial charge is 0.416 e. The molecular formula is C79H103BrClF13N4O11. The molecule has 3 N–H and O–H groups in total. The Balaban J connectivity index is 0.000000348. The normalized spacial score (nSPS) is 20.2. The number of para-hydroxylation sites is 2. The van der Waals surface area contributed by atoms with E-state index in [2.05, 4.69) is 26.1 Å². The molecular weight excluding hydrogens is 1540 g/mol. The van der Waals surface area contributed by atoms with E-state index in [1.54, 1.807) is 56.6 Å². The number of benzene rings is 6. The van der Waals surface area contributed by atoms with Gasteiger partial charge in [-0.25, -0.2) is 14.0 Å². The van der Waals surface area contributed by atoms with Crippen LogP contribution in [-0.2, 0) is 34.2 Å². The number of aliphatic hydroxyl groups is 2. The van der Waals surface area contributed by atoms with Gasteiger partial charge >= 0.3 is 36.9 Å². The molecule has 4 heterocycles. The van der Waals surface area contributed by atoms with Gasteiger partial charge in [0.15, 0.2) is 0 Å². The van der Waals surface area contributed by atoms with E-state index in [1.807, 2.05) is 95.3 Å². The van der Waals surface area contributed by atoms with Gasteiger partial charge in [-0.05, 0) is 231 Å². The number of halogens is 15. The van der Waals surface area contributed by atoms with Crippen molar-refractivity contribution in [2.24, 2.45) is 0 Å². The molecule has 2 amide bonds. The molecule has 0 radical (unpaired) electrons. The molecule has 4 fully saturated rings. The first-order chi connectivity index (χ1) is 50.2. The van der Waals surface area contributed by atoms with E-state index < -0.39 is 92.5 Å². The van der Waals surface area contributed by atoms with E-state index >= 15 is 0 Å². The number of amides is 2. The van der Waals surface area contributed by atoms with E-state index in [9.17, 15) is 71.8 Å². The fourth-order valence-electron chi connectivity index (χ4n) is 11.4. The van der Waals surface area contributed by atoms with Crippen LogP contribution in [0.4, 0.5) is 66.7 Å². The zero-order valence-electron chi connectivity index (χ0n) is 63.3. The lowest BCUT2D eigenvalue weighted by atomic mass is 9.94. The zero-order valence-corrected chi connectivity index (χ0v) is 65.7. The third-order valence-electron chi connectivity index (χ3n) is 16.2. The Labute approximate surface area is 645 Å². The van der Waals surface area contributed by atoms with E-state index in [0.29, 0.717) is 58.2 Å². The second-order valence-electron chi connectivity index (χ2n) is 28.9. The van der Waals surface area contributed by atoms with Gasteiger partial charge in [-0.15, -0.1) is 12.4 Å². The van der Waals surface area contributed by atoms with Crippen molar-refractivity contribution in [2.45, 2.75) is 179 Å². The minimum atomic E-state index is -4.46. The van der Waals surface area contributed by atoms with Crippen LogP contribution in [0.1, 0.15) is 143 Å². The molecule has 0 aliphatic carbocycles. The lowest BCUT2D eigenvalue weighted by Gasteiger charge is -2.40. The van der Waals surface area contributed by atoms with Crippen LogP contribution in [-0.4, -0.2) is 155 Å². The van der Waals surface area contributed by atoms with Crippen molar-refractivity contribution in [3.8, 4) is 28.7 Å². The first kappa shape index (κ1) is 95.8. The molecule has 30 heteroatoms. The summed E-state index contributed by atoms with van der Waals surface area (Å²) in [4.78, 5) is 29.3. The zero-order chi connectivity index (χ0) is 80.8. The lowest BCUT2D eigenvalue weighted by Crippen LogP contribution is -2.52. The molecule has 6 aromatic carbocycles. The van der Waals surface area contributed by atoms with Crippen LogP contribution in [0.5, 0.6) is 28.7 Å². The second-order valence-corrected chi connectivity index (χ2v) is 29.7. The van der Waals surface area contributed by atoms with E-state index in [1.165, 1.54) is 24.3 Å². The predicted octanol–water partition coefficient (Wildman–Crippen LogP) is 20.2. The molecule has 109 heavy (non-hydrogen) atoms. The first-order valence-electron chi connectivity index (χ1n) is 35.1. The Morgan fingerprint density at radius 3 is 1.19 bits per heavy atom. The number of nitrogens with one attached hydrogen (secondary N) is 1. The van der Waals surface area contributed by atoms with Crippen LogP contribution in [0.25, 0.3) is 0 Å². The number of alkyl halides is 13. The van der Waals surface area contributed by atoms with Gasteiger partial charge in [-0.2, -0.15) is 52.7 Å². The van der Waals surface area contributed by atoms with Crippen molar-refractivity contribution < 1.29 is 110 Å². The fraction of sp³-hybridized carbons (Fsp3) is 0.519. The van der Waals surface area contributed by atoms with Gasteiger partial charge < -0.3 is 58.5 Å². The monoisotopic (exact) mass is 1640 g/mol. The summed E-state index contributed by atoms with van der Waals surface area (Å²) in [6.07, 6.45) is -11.9. The van der Waals surface area contributed by atoms with Crippen molar-refractivity contribution in [3.63, 3.8) is 0 Å². The minimum Gasteiger partial charge on any atom is -0.493 e. The molecule has 0 bridgehead atoms. The molecule has 4 saturated heterocycles. The van der Waals surface area contributed by atoms with Crippen molar-refractivity contribution in [3.05, 3.63) is 186 Å². The minimum absolute atomic E-state index is 0. The van der Waals surface area contributed by atoms with Crippen LogP contribution in [0.15, 0.2) is 158 Å². The van der Waals surface area contributed by atoms with Crippen LogP contribution < -0.4 is 29.0 Å². The molecule has 0 aromatic heterocycles. The summed E-state index contributed by atoms with van der Waals surface area (Å²) in [6.45, 7) is 25.3. The highest BCUT2D eigenvalue weighted by Gasteiger charge is 2.40. The van der Waals surface area contributed by atoms with Crippen LogP contribution in [0.3, 0.4) is 0 Å². The van der Waals surface area contributed by atoms with Gasteiger partial charge in [0.25, 0.3) is 0 Å². The average Bonchev–Trinajstić information content (AvgIpc) is 0.824. The van der Waals surface area contributed by atoms with Crippen molar-refractivity contribution in [2.75, 3.05) is 84.6 Å². The number of hydrogen-bond acceptors (Lipinski definition) is 13. The van der Waals surface area contributed by atoms with Gasteiger partial charge in [-0.1, -0.05) is 76.6 Å². The quantitative estimate of drug-likeness (QED) is 0.0741. The van der Waals surface area contributed by atoms with Crippen LogP contribution >= 0.6 is 28.3 Å². The molecule has 15 nitrogen and oxygen atoms in total. The van der Waals surface area contributed by atoms with Gasteiger partial charge in [-0.3, -0.25) is 4.90 Å². The van der Waals surface area contributed by atoms with Crippen molar-refractivity contribution >= 4 is 40.5 Å². The Kier molecular flexibility index (Phi) is 38.1. The maximum Gasteiger partial charge on any atom is 0.416 e. The Morgan fingerprint density at radius 2 is 0.817 bits per heavy atom. The Bertz CT molecular complexity index is 3620. The third kappa shape index (κ3) is 37.4. The Morgan fingerprint density at radius 1 is 0.459 bits per heavy atom. The SMILES string of the molecule is BrCCOc1ccccc1.CC(C)(C)OC(=O)N1CCCC(C)(Oc2cccc(C(F)(F)F)c2)C1.CC1(O)CCCN(C(=O)OC(C)(C)C)C1.CC1(Oc2cccc(C(F)(F)F)c2)CCCN(CCOc2ccccc2)C1.CC1(Oc2cccc(C(F)(F)F)c2)CCCNC1.CO.Cl.Fc1cccc(C(F)(F)F)c1. The second kappa shape index (κ2) is 43.4. The fourth-order valence-corrected chi connectivity index (χ4v) is 11.5. The van der Waals surface area contributed by atoms with Crippen molar-refractivity contribution in [1.29, 1.82) is 0 Å². The number of ether oxygens (including phenoxy) is 7. The summed E-state index contributed by atoms with van der Waals surface area (Å²) in [6, 6.07) is 37.6. The number of nitrogens with zero attached hydrogens (tertiary/aromatic N) is 3. The molecule has 4 atom stereocenters. The van der Waals surface area contributed by atoms with E-state index in [0.717, 1.165) is 143 Å². The summed E-state index contributed by atoms with van der Waals surface area (Å²) in [5.74, 6) is 1.56. The van der Waals surface area contributed by atoms with Gasteiger partial charge in [0.2, 0.25) is 0 Å². The van der Waals surface area contributed by atoms with E-state index in [-0.39, 0.29) is 42.3 Å². The summed E-state index contributed by atoms with van der Waals surface area (Å²) >= 11 is 3.28. The molecule has 610 valence electrons. The van der Waals surface area contributed by atoms with Gasteiger partial charge in [0.1, 0.15) is 69.2 Å². The number of hydrogen-bond donors (Lipinski definition) is 3. The summed E-state index contributed by atoms with van der Waals surface area (Å²) in [5.41, 5.74) is -6.63. The number of likely N-dealkylation sites (tertiary alicyclic amines) is 3. The summed E-state index contributed by atoms with van der Waals surface area (Å²) in [5, 5.41) is 20.9. The molecule has 4 aliphatic rings. The van der Waals surface area contributed by atoms with Crippen LogP contribution in [0, 0.1) is 5.82 Å². The van der Waals surface area contributed by atoms with E-state index in [4.69, 9.17) is 38.3 Å². The number of piperidine rings is 4. The maximum atomic E-state index is 12.9. The van der Waals surface area contributed by atoms with Crippen molar-refractivity contribution in [1.82, 2.24) is 20.0 Å². The number of aliphatic hydroxyl groups excluding tert-OH is 1. The Hall–Kier alpha value is -7.44. The third-order valence-corrected chi connectivity index (χ3v) is 16.5. The van der Waals surface area contributed by atoms with Gasteiger partial charge in [0.05, 0.1) is 47.6 Å². The molecule has 4 unspecified atom stereocenters. The molecule has 0 saturated carbocycles. The number of β-amino-alcohol motifs (C(OH)–C–C–N with tert-alkyl or cyclic N) is 1. The highest BCUT2D eigenvalue weighted by Crippen LogP contribution is 2.38. The highest BCUT2D eigenvalue weighted by molar-refractivity contribution is 9.09. The topological polar surface area (TPSA) is 161 Å². The molecule has 6 aromatic rings. The predicted molar refractivity (Wildman–Crippen MR) is 398 cm³/mol. The lowest BCUT2D eigenvalue weighted by molar-refractivity contribution is -0.138. The standard InChI is InChI=1S/C21H24F3NO2.C18H24F3NO3.C13H16F3NO.C11H21NO3.C8H9BrO.C7H4F4.CH4O.ClH/c1-20(27-19-10-5-7-17(15-19)21(22,23)24)11-6-12-25(16-20)13-14-26-18-8-3-2-4-9-18;1-16(2,3)25-15(23)22-10-6-9-17(4,12-22)24-14-8-5-7-13(11-14)18(19,20)21;1-12(6-3-7-17-9-12)18-11-5-2-4-10(8-11)13(14,15)16;1-10(2,3)15-9(13)12-7-5-6-11(4,14)8-12;9-6-7-10-8-4-2-1-3-5-8;8-6-3-1-2-5(4-6)7(9,10)11;1-2;/h2-5,7-10,15H,6,11-14,16H2,1H3;5,7-8,11H,6,9-10,12H2,1-4H3;2,4-5,8,17H,3,6-7,9H2,1H3;14H,5-8H2,1-4H3;1-5H,6-7H2;1-4H;2H,1H3;1H. The largest absolute Gasteiger partial charge is 0.493 e. The highest BCUT2D eigenvalue weighted by atomic mass is 79.9. The number of carbonyl (C=O) groups excluding carboxylic acids is 2.